The molecule has 1 rings (SSSR count). The van der Waals surface area contributed by atoms with Gasteiger partial charge < -0.3 is 15.4 Å². The highest BCUT2D eigenvalue weighted by Gasteiger charge is 2.05. The average Bonchev–Trinajstić information content (AvgIpc) is 2.46. The fraction of sp³-hybridized carbons (Fsp3) is 0.588. The smallest absolute Gasteiger partial charge is 0.223 e. The normalized spacial score (nSPS) is 11.7. The second-order valence-corrected chi connectivity index (χ2v) is 5.59. The number of carbonyl (C=O) groups is 1. The molecule has 126 valence electrons. The highest BCUT2D eigenvalue weighted by Crippen LogP contribution is 2.18. The van der Waals surface area contributed by atoms with Crippen LogP contribution < -0.4 is 15.4 Å². The maximum absolute atomic E-state index is 11.7. The van der Waals surface area contributed by atoms with E-state index < -0.39 is 0 Å². The zero-order valence-corrected chi connectivity index (χ0v) is 14.8. The average molecular weight is 329 g/mol. The van der Waals surface area contributed by atoms with Crippen molar-refractivity contribution in [2.45, 2.75) is 46.1 Å². The van der Waals surface area contributed by atoms with Crippen LogP contribution in [0.1, 0.15) is 45.6 Å². The van der Waals surface area contributed by atoms with Crippen LogP contribution in [0.2, 0.25) is 0 Å². The predicted octanol–water partition coefficient (Wildman–Crippen LogP) is 3.11. The molecule has 0 aliphatic carbocycles. The first kappa shape index (κ1) is 20.7. The third-order valence-electron chi connectivity index (χ3n) is 3.30. The predicted molar refractivity (Wildman–Crippen MR) is 94.0 cm³/mol. The molecule has 22 heavy (non-hydrogen) atoms. The monoisotopic (exact) mass is 328 g/mol. The van der Waals surface area contributed by atoms with Crippen LogP contribution in [0.4, 0.5) is 0 Å². The van der Waals surface area contributed by atoms with Gasteiger partial charge in [-0.05, 0) is 37.1 Å². The summed E-state index contributed by atoms with van der Waals surface area (Å²) in [7, 11) is 0. The Kier molecular flexibility index (Phi) is 10.7. The molecule has 0 aliphatic heterocycles. The Morgan fingerprint density at radius 2 is 1.82 bits per heavy atom. The first-order chi connectivity index (χ1) is 10.0. The van der Waals surface area contributed by atoms with Gasteiger partial charge in [0.1, 0.15) is 5.75 Å². The first-order valence-electron chi connectivity index (χ1n) is 7.75. The van der Waals surface area contributed by atoms with Gasteiger partial charge in [-0.2, -0.15) is 0 Å². The summed E-state index contributed by atoms with van der Waals surface area (Å²) in [6.45, 7) is 10.4. The standard InChI is InChI=1S/C17H28N2O2.ClH/c1-5-18-14(4)12-19-17(20)10-11-21-16-8-6-15(7-9-16)13(2)3;/h6-9,13-14,18H,5,10-12H2,1-4H3,(H,19,20);1H/t14-;/m1./s1. The molecule has 0 saturated heterocycles. The Bertz CT molecular complexity index is 421. The fourth-order valence-electron chi connectivity index (χ4n) is 1.99. The van der Waals surface area contributed by atoms with Crippen LogP contribution in [0.5, 0.6) is 5.75 Å². The lowest BCUT2D eigenvalue weighted by Crippen LogP contribution is -2.39. The largest absolute Gasteiger partial charge is 0.493 e. The van der Waals surface area contributed by atoms with Crippen molar-refractivity contribution in [2.75, 3.05) is 19.7 Å². The summed E-state index contributed by atoms with van der Waals surface area (Å²) in [6.07, 6.45) is 0.380. The molecule has 4 nitrogen and oxygen atoms in total. The van der Waals surface area contributed by atoms with Crippen LogP contribution in [-0.2, 0) is 4.79 Å². The molecule has 1 amide bonds. The van der Waals surface area contributed by atoms with E-state index in [2.05, 4.69) is 50.5 Å². The van der Waals surface area contributed by atoms with E-state index in [0.717, 1.165) is 12.3 Å². The molecule has 0 bridgehead atoms. The summed E-state index contributed by atoms with van der Waals surface area (Å²) in [5.41, 5.74) is 1.29. The van der Waals surface area contributed by atoms with Crippen molar-refractivity contribution in [1.29, 1.82) is 0 Å². The Morgan fingerprint density at radius 1 is 1.18 bits per heavy atom. The van der Waals surface area contributed by atoms with Crippen molar-refractivity contribution in [1.82, 2.24) is 10.6 Å². The van der Waals surface area contributed by atoms with Crippen molar-refractivity contribution in [3.05, 3.63) is 29.8 Å². The summed E-state index contributed by atoms with van der Waals surface area (Å²) < 4.78 is 5.59. The molecule has 0 heterocycles. The molecule has 0 saturated carbocycles. The minimum absolute atomic E-state index is 0. The molecule has 0 spiro atoms. The van der Waals surface area contributed by atoms with Crippen molar-refractivity contribution < 1.29 is 9.53 Å². The van der Waals surface area contributed by atoms with Crippen LogP contribution in [0.3, 0.4) is 0 Å². The molecule has 2 N–H and O–H groups in total. The lowest BCUT2D eigenvalue weighted by Gasteiger charge is -2.13. The molecule has 0 aromatic heterocycles. The minimum Gasteiger partial charge on any atom is -0.493 e. The number of likely N-dealkylation sites (N-methyl/N-ethyl adjacent to an activating group) is 1. The maximum Gasteiger partial charge on any atom is 0.223 e. The quantitative estimate of drug-likeness (QED) is 0.732. The minimum atomic E-state index is 0. The van der Waals surface area contributed by atoms with Crippen molar-refractivity contribution in [3.8, 4) is 5.75 Å². The molecule has 1 atom stereocenters. The Balaban J connectivity index is 0.00000441. The highest BCUT2D eigenvalue weighted by atomic mass is 35.5. The Hall–Kier alpha value is -1.26. The van der Waals surface area contributed by atoms with E-state index in [4.69, 9.17) is 4.74 Å². The molecule has 0 aliphatic rings. The summed E-state index contributed by atoms with van der Waals surface area (Å²) in [6, 6.07) is 8.35. The van der Waals surface area contributed by atoms with Gasteiger partial charge >= 0.3 is 0 Å². The topological polar surface area (TPSA) is 50.4 Å². The third kappa shape index (κ3) is 8.25. The third-order valence-corrected chi connectivity index (χ3v) is 3.30. The first-order valence-corrected chi connectivity index (χ1v) is 7.75. The summed E-state index contributed by atoms with van der Waals surface area (Å²) >= 11 is 0. The maximum atomic E-state index is 11.7. The molecular weight excluding hydrogens is 300 g/mol. The number of halogens is 1. The number of rotatable bonds is 9. The van der Waals surface area contributed by atoms with E-state index in [9.17, 15) is 4.79 Å². The van der Waals surface area contributed by atoms with Gasteiger partial charge in [0.2, 0.25) is 5.91 Å². The molecule has 5 heteroatoms. The zero-order valence-electron chi connectivity index (χ0n) is 14.0. The Labute approximate surface area is 140 Å². The van der Waals surface area contributed by atoms with Crippen LogP contribution >= 0.6 is 12.4 Å². The van der Waals surface area contributed by atoms with E-state index in [0.29, 0.717) is 31.5 Å². The van der Waals surface area contributed by atoms with E-state index >= 15 is 0 Å². The highest BCUT2D eigenvalue weighted by molar-refractivity contribution is 5.85. The van der Waals surface area contributed by atoms with Gasteiger partial charge in [-0.3, -0.25) is 4.79 Å². The van der Waals surface area contributed by atoms with Gasteiger partial charge in [0.15, 0.2) is 0 Å². The summed E-state index contributed by atoms with van der Waals surface area (Å²) in [4.78, 5) is 11.7. The number of benzene rings is 1. The molecule has 1 aromatic rings. The number of hydrogen-bond donors (Lipinski definition) is 2. The van der Waals surface area contributed by atoms with Crippen molar-refractivity contribution >= 4 is 18.3 Å². The van der Waals surface area contributed by atoms with Crippen LogP contribution in [0.15, 0.2) is 24.3 Å². The van der Waals surface area contributed by atoms with Crippen LogP contribution in [0.25, 0.3) is 0 Å². The SMILES string of the molecule is CCN[C@H](C)CNC(=O)CCOc1ccc(C(C)C)cc1.Cl. The molecule has 0 radical (unpaired) electrons. The van der Waals surface area contributed by atoms with E-state index in [-0.39, 0.29) is 18.3 Å². The number of amides is 1. The number of ether oxygens (including phenoxy) is 1. The van der Waals surface area contributed by atoms with Gasteiger partial charge in [-0.15, -0.1) is 12.4 Å². The lowest BCUT2D eigenvalue weighted by atomic mass is 10.0. The second-order valence-electron chi connectivity index (χ2n) is 5.59. The van der Waals surface area contributed by atoms with Gasteiger partial charge in [0.25, 0.3) is 0 Å². The van der Waals surface area contributed by atoms with E-state index in [1.165, 1.54) is 5.56 Å². The van der Waals surface area contributed by atoms with Crippen molar-refractivity contribution in [2.24, 2.45) is 0 Å². The summed E-state index contributed by atoms with van der Waals surface area (Å²) in [5.74, 6) is 1.36. The van der Waals surface area contributed by atoms with Crippen molar-refractivity contribution in [3.63, 3.8) is 0 Å². The summed E-state index contributed by atoms with van der Waals surface area (Å²) in [5, 5.41) is 6.15. The number of hydrogen-bond acceptors (Lipinski definition) is 3. The second kappa shape index (κ2) is 11.3. The number of carbonyl (C=O) groups excluding carboxylic acids is 1. The van der Waals surface area contributed by atoms with E-state index in [1.807, 2.05) is 12.1 Å². The van der Waals surface area contributed by atoms with E-state index in [1.54, 1.807) is 0 Å². The number of nitrogens with one attached hydrogen (secondary N) is 2. The molecule has 0 fully saturated rings. The van der Waals surface area contributed by atoms with Gasteiger partial charge in [-0.1, -0.05) is 32.9 Å². The van der Waals surface area contributed by atoms with Gasteiger partial charge in [0, 0.05) is 12.6 Å². The van der Waals surface area contributed by atoms with Crippen LogP contribution in [-0.4, -0.2) is 31.6 Å². The lowest BCUT2D eigenvalue weighted by molar-refractivity contribution is -0.121. The zero-order chi connectivity index (χ0) is 15.7. The van der Waals surface area contributed by atoms with Gasteiger partial charge in [0.05, 0.1) is 13.0 Å². The fourth-order valence-corrected chi connectivity index (χ4v) is 1.99. The Morgan fingerprint density at radius 3 is 2.36 bits per heavy atom. The van der Waals surface area contributed by atoms with Crippen LogP contribution in [0, 0.1) is 0 Å². The van der Waals surface area contributed by atoms with Gasteiger partial charge in [-0.25, -0.2) is 0 Å². The molecule has 0 unspecified atom stereocenters. The molecular formula is C17H29ClN2O2. The molecule has 1 aromatic carbocycles.